The summed E-state index contributed by atoms with van der Waals surface area (Å²) in [5.74, 6) is 0.826. The van der Waals surface area contributed by atoms with Crippen LogP contribution in [0.3, 0.4) is 0 Å². The second kappa shape index (κ2) is 9.69. The Morgan fingerprint density at radius 3 is 1.59 bits per heavy atom. The largest absolute Gasteiger partial charge is 0.293 e. The first-order valence-corrected chi connectivity index (χ1v) is 11.9. The minimum Gasteiger partial charge on any atom is -0.293 e. The number of carbonyl (C=O) groups is 2. The molecule has 4 nitrogen and oxygen atoms in total. The monoisotopic (exact) mass is 442 g/mol. The minimum atomic E-state index is 0.0886. The van der Waals surface area contributed by atoms with E-state index in [1.165, 1.54) is 34.9 Å². The van der Waals surface area contributed by atoms with E-state index in [4.69, 9.17) is 0 Å². The molecule has 1 aromatic heterocycles. The van der Waals surface area contributed by atoms with Gasteiger partial charge >= 0.3 is 0 Å². The molecule has 0 N–H and O–H groups in total. The van der Waals surface area contributed by atoms with Crippen LogP contribution < -0.4 is 0 Å². The van der Waals surface area contributed by atoms with Crippen LogP contribution in [-0.4, -0.2) is 33.3 Å². The van der Waals surface area contributed by atoms with Crippen molar-refractivity contribution in [3.63, 3.8) is 0 Å². The van der Waals surface area contributed by atoms with Crippen molar-refractivity contribution in [1.29, 1.82) is 0 Å². The second-order valence-electron chi connectivity index (χ2n) is 6.89. The fourth-order valence-electron chi connectivity index (χ4n) is 2.80. The van der Waals surface area contributed by atoms with Gasteiger partial charge in [0.15, 0.2) is 20.2 Å². The van der Waals surface area contributed by atoms with Gasteiger partial charge in [0.05, 0.1) is 11.5 Å². The number of ketones is 2. The molecule has 0 aliphatic heterocycles. The normalized spacial score (nSPS) is 10.9. The summed E-state index contributed by atoms with van der Waals surface area (Å²) in [6.07, 6.45) is 0. The van der Waals surface area contributed by atoms with Gasteiger partial charge in [-0.05, 0) is 51.0 Å². The van der Waals surface area contributed by atoms with Crippen LogP contribution in [0.25, 0.3) is 0 Å². The highest BCUT2D eigenvalue weighted by Gasteiger charge is 2.15. The molecule has 0 amide bonds. The van der Waals surface area contributed by atoms with E-state index in [9.17, 15) is 9.59 Å². The molecule has 0 bridgehead atoms. The van der Waals surface area contributed by atoms with Gasteiger partial charge in [0.1, 0.15) is 0 Å². The Hall–Kier alpha value is -1.96. The van der Waals surface area contributed by atoms with Crippen molar-refractivity contribution in [2.75, 3.05) is 11.5 Å². The van der Waals surface area contributed by atoms with Crippen LogP contribution in [0.2, 0.25) is 0 Å². The van der Waals surface area contributed by atoms with Gasteiger partial charge in [0.25, 0.3) is 0 Å². The van der Waals surface area contributed by atoms with Gasteiger partial charge in [-0.25, -0.2) is 0 Å². The first-order chi connectivity index (χ1) is 13.8. The molecule has 0 saturated heterocycles. The zero-order valence-electron chi connectivity index (χ0n) is 16.8. The molecular formula is C22H22N2O2S3. The lowest BCUT2D eigenvalue weighted by molar-refractivity contribution is 0.101. The minimum absolute atomic E-state index is 0.0886. The number of thioether (sulfide) groups is 2. The van der Waals surface area contributed by atoms with Crippen LogP contribution in [0.1, 0.15) is 43.0 Å². The molecule has 29 heavy (non-hydrogen) atoms. The smallest absolute Gasteiger partial charge is 0.175 e. The van der Waals surface area contributed by atoms with Gasteiger partial charge in [0, 0.05) is 11.1 Å². The molecule has 0 fully saturated rings. The van der Waals surface area contributed by atoms with Crippen LogP contribution >= 0.6 is 34.9 Å². The van der Waals surface area contributed by atoms with Crippen LogP contribution in [0, 0.1) is 27.7 Å². The lowest BCUT2D eigenvalue weighted by Crippen LogP contribution is -2.05. The van der Waals surface area contributed by atoms with Gasteiger partial charge < -0.3 is 0 Å². The summed E-state index contributed by atoms with van der Waals surface area (Å²) < 4.78 is 1.48. The lowest BCUT2D eigenvalue weighted by atomic mass is 10.0. The SMILES string of the molecule is Cc1ccc(C)c(C(=O)CSc2nnc(SCC(=O)c3cc(C)ccc3C)s2)c1. The van der Waals surface area contributed by atoms with Gasteiger partial charge in [-0.2, -0.15) is 0 Å². The first kappa shape index (κ1) is 21.7. The summed E-state index contributed by atoms with van der Waals surface area (Å²) in [6, 6.07) is 11.8. The number of aryl methyl sites for hydroxylation is 4. The van der Waals surface area contributed by atoms with E-state index in [1.54, 1.807) is 0 Å². The molecule has 150 valence electrons. The molecule has 1 heterocycles. The Morgan fingerprint density at radius 1 is 0.759 bits per heavy atom. The Kier molecular flexibility index (Phi) is 7.27. The third-order valence-corrected chi connectivity index (χ3v) is 7.62. The average Bonchev–Trinajstić information content (AvgIpc) is 3.16. The fourth-order valence-corrected chi connectivity index (χ4v) is 5.58. The van der Waals surface area contributed by atoms with Crippen molar-refractivity contribution >= 4 is 46.4 Å². The molecule has 0 aliphatic carbocycles. The molecule has 0 spiro atoms. The standard InChI is InChI=1S/C22H22N2O2S3/c1-13-5-7-15(3)17(9-13)19(25)11-27-21-23-24-22(29-21)28-12-20(26)18-10-14(2)6-8-16(18)4/h5-10H,11-12H2,1-4H3. The van der Waals surface area contributed by atoms with E-state index >= 15 is 0 Å². The maximum atomic E-state index is 12.5. The second-order valence-corrected chi connectivity index (χ2v) is 10.3. The van der Waals surface area contributed by atoms with Gasteiger partial charge in [0.2, 0.25) is 0 Å². The van der Waals surface area contributed by atoms with Crippen LogP contribution in [0.5, 0.6) is 0 Å². The maximum Gasteiger partial charge on any atom is 0.175 e. The van der Waals surface area contributed by atoms with Crippen molar-refractivity contribution in [2.24, 2.45) is 0 Å². The molecule has 0 saturated carbocycles. The number of carbonyl (C=O) groups excluding carboxylic acids is 2. The Morgan fingerprint density at radius 2 is 1.17 bits per heavy atom. The molecule has 3 aromatic rings. The number of benzene rings is 2. The first-order valence-electron chi connectivity index (χ1n) is 9.13. The molecule has 0 aliphatic rings. The molecule has 3 rings (SSSR count). The third kappa shape index (κ3) is 5.78. The lowest BCUT2D eigenvalue weighted by Gasteiger charge is -2.05. The molecule has 0 atom stereocenters. The van der Waals surface area contributed by atoms with E-state index in [0.717, 1.165) is 42.1 Å². The highest BCUT2D eigenvalue weighted by atomic mass is 32.2. The predicted octanol–water partition coefficient (Wildman–Crippen LogP) is 5.72. The number of nitrogens with zero attached hydrogens (tertiary/aromatic N) is 2. The zero-order chi connectivity index (χ0) is 21.0. The Balaban J connectivity index is 1.55. The van der Waals surface area contributed by atoms with Crippen molar-refractivity contribution in [3.05, 3.63) is 69.8 Å². The summed E-state index contributed by atoms with van der Waals surface area (Å²) in [4.78, 5) is 25.0. The van der Waals surface area contributed by atoms with E-state index in [2.05, 4.69) is 10.2 Å². The third-order valence-electron chi connectivity index (χ3n) is 4.43. The van der Waals surface area contributed by atoms with Crippen molar-refractivity contribution < 1.29 is 9.59 Å². The number of hydrogen-bond donors (Lipinski definition) is 0. The van der Waals surface area contributed by atoms with Gasteiger partial charge in [-0.15, -0.1) is 10.2 Å². The molecule has 7 heteroatoms. The van der Waals surface area contributed by atoms with Crippen molar-refractivity contribution in [1.82, 2.24) is 10.2 Å². The maximum absolute atomic E-state index is 12.5. The predicted molar refractivity (Wildman–Crippen MR) is 122 cm³/mol. The van der Waals surface area contributed by atoms with E-state index in [1.807, 2.05) is 64.1 Å². The topological polar surface area (TPSA) is 59.9 Å². The molecule has 2 aromatic carbocycles. The number of hydrogen-bond acceptors (Lipinski definition) is 7. The van der Waals surface area contributed by atoms with Gasteiger partial charge in [-0.1, -0.05) is 70.3 Å². The van der Waals surface area contributed by atoms with Crippen LogP contribution in [0.4, 0.5) is 0 Å². The molecular weight excluding hydrogens is 420 g/mol. The Labute approximate surface area is 183 Å². The Bertz CT molecular complexity index is 978. The van der Waals surface area contributed by atoms with E-state index in [0.29, 0.717) is 11.5 Å². The van der Waals surface area contributed by atoms with Gasteiger partial charge in [-0.3, -0.25) is 9.59 Å². The summed E-state index contributed by atoms with van der Waals surface area (Å²) >= 11 is 4.20. The summed E-state index contributed by atoms with van der Waals surface area (Å²) in [5.41, 5.74) is 5.64. The van der Waals surface area contributed by atoms with Crippen molar-refractivity contribution in [2.45, 2.75) is 36.4 Å². The average molecular weight is 443 g/mol. The molecule has 0 radical (unpaired) electrons. The summed E-state index contributed by atoms with van der Waals surface area (Å²) in [7, 11) is 0. The van der Waals surface area contributed by atoms with E-state index < -0.39 is 0 Å². The van der Waals surface area contributed by atoms with Crippen molar-refractivity contribution in [3.8, 4) is 0 Å². The highest BCUT2D eigenvalue weighted by molar-refractivity contribution is 8.03. The fraction of sp³-hybridized carbons (Fsp3) is 0.273. The number of rotatable bonds is 8. The number of aromatic nitrogens is 2. The highest BCUT2D eigenvalue weighted by Crippen LogP contribution is 2.30. The van der Waals surface area contributed by atoms with E-state index in [-0.39, 0.29) is 11.6 Å². The van der Waals surface area contributed by atoms with Crippen LogP contribution in [0.15, 0.2) is 45.1 Å². The molecule has 0 unspecified atom stereocenters. The quantitative estimate of drug-likeness (QED) is 0.328. The van der Waals surface area contributed by atoms with Crippen LogP contribution in [-0.2, 0) is 0 Å². The summed E-state index contributed by atoms with van der Waals surface area (Å²) in [6.45, 7) is 7.86. The number of Topliss-reactive ketones (excluding diaryl/α,β-unsaturated/α-hetero) is 2. The summed E-state index contributed by atoms with van der Waals surface area (Å²) in [5, 5.41) is 8.30. The zero-order valence-corrected chi connectivity index (χ0v) is 19.3.